The van der Waals surface area contributed by atoms with Gasteiger partial charge in [-0.1, -0.05) is 18.2 Å². The SMILES string of the molecule is Cc1ccc(-c2cccc(CN3CCN4C(=O)OCC4C3)c2)o1. The highest BCUT2D eigenvalue weighted by Crippen LogP contribution is 2.24. The number of hydrogen-bond acceptors (Lipinski definition) is 4. The number of piperazine rings is 1. The minimum Gasteiger partial charge on any atom is -0.461 e. The molecule has 4 rings (SSSR count). The Morgan fingerprint density at radius 3 is 2.96 bits per heavy atom. The highest BCUT2D eigenvalue weighted by Gasteiger charge is 2.37. The highest BCUT2D eigenvalue weighted by molar-refractivity contribution is 5.70. The third-order valence-corrected chi connectivity index (χ3v) is 4.56. The van der Waals surface area contributed by atoms with Crippen LogP contribution < -0.4 is 0 Å². The average molecular weight is 312 g/mol. The van der Waals surface area contributed by atoms with Gasteiger partial charge in [0.2, 0.25) is 0 Å². The van der Waals surface area contributed by atoms with E-state index in [9.17, 15) is 4.79 Å². The molecule has 0 aliphatic carbocycles. The normalized spacial score (nSPS) is 21.3. The Morgan fingerprint density at radius 1 is 1.22 bits per heavy atom. The van der Waals surface area contributed by atoms with Crippen molar-refractivity contribution in [2.75, 3.05) is 26.2 Å². The van der Waals surface area contributed by atoms with Gasteiger partial charge >= 0.3 is 6.09 Å². The first-order chi connectivity index (χ1) is 11.2. The number of carbonyl (C=O) groups is 1. The molecule has 1 atom stereocenters. The molecular weight excluding hydrogens is 292 g/mol. The Hall–Kier alpha value is -2.27. The standard InChI is InChI=1S/C18H20N2O3/c1-13-5-6-17(23-13)15-4-2-3-14(9-15)10-19-7-8-20-16(11-19)12-22-18(20)21/h2-6,9,16H,7-8,10-12H2,1H3. The number of fused-ring (bicyclic) bond motifs is 1. The molecule has 0 N–H and O–H groups in total. The summed E-state index contributed by atoms with van der Waals surface area (Å²) in [6.45, 7) is 5.86. The number of ether oxygens (including phenoxy) is 1. The number of hydrogen-bond donors (Lipinski definition) is 0. The Bertz CT molecular complexity index is 725. The van der Waals surface area contributed by atoms with Gasteiger partial charge in [0.15, 0.2) is 0 Å². The summed E-state index contributed by atoms with van der Waals surface area (Å²) in [5.41, 5.74) is 2.36. The van der Waals surface area contributed by atoms with Gasteiger partial charge in [-0.2, -0.15) is 0 Å². The summed E-state index contributed by atoms with van der Waals surface area (Å²) in [5, 5.41) is 0. The predicted octanol–water partition coefficient (Wildman–Crippen LogP) is 2.89. The Labute approximate surface area is 135 Å². The first-order valence-electron chi connectivity index (χ1n) is 8.00. The summed E-state index contributed by atoms with van der Waals surface area (Å²) in [7, 11) is 0. The summed E-state index contributed by atoms with van der Waals surface area (Å²) in [6.07, 6.45) is -0.162. The topological polar surface area (TPSA) is 45.9 Å². The lowest BCUT2D eigenvalue weighted by Gasteiger charge is -2.35. The van der Waals surface area contributed by atoms with Gasteiger partial charge in [0.25, 0.3) is 0 Å². The van der Waals surface area contributed by atoms with Crippen LogP contribution in [0.25, 0.3) is 11.3 Å². The minimum atomic E-state index is -0.162. The molecule has 2 fully saturated rings. The smallest absolute Gasteiger partial charge is 0.410 e. The van der Waals surface area contributed by atoms with Gasteiger partial charge in [0.05, 0.1) is 6.04 Å². The van der Waals surface area contributed by atoms with E-state index in [0.29, 0.717) is 6.61 Å². The number of amides is 1. The summed E-state index contributed by atoms with van der Waals surface area (Å²) >= 11 is 0. The van der Waals surface area contributed by atoms with Gasteiger partial charge < -0.3 is 9.15 Å². The summed E-state index contributed by atoms with van der Waals surface area (Å²) < 4.78 is 10.8. The van der Waals surface area contributed by atoms with E-state index in [1.165, 1.54) is 5.56 Å². The third-order valence-electron chi connectivity index (χ3n) is 4.56. The fraction of sp³-hybridized carbons (Fsp3) is 0.389. The van der Waals surface area contributed by atoms with Crippen LogP contribution in [-0.2, 0) is 11.3 Å². The zero-order valence-electron chi connectivity index (χ0n) is 13.2. The molecule has 1 aromatic heterocycles. The van der Waals surface area contributed by atoms with Crippen LogP contribution in [0.2, 0.25) is 0 Å². The lowest BCUT2D eigenvalue weighted by Crippen LogP contribution is -2.51. The second-order valence-corrected chi connectivity index (χ2v) is 6.27. The van der Waals surface area contributed by atoms with Crippen LogP contribution in [0.1, 0.15) is 11.3 Å². The predicted molar refractivity (Wildman–Crippen MR) is 86.0 cm³/mol. The van der Waals surface area contributed by atoms with Gasteiger partial charge in [-0.05, 0) is 30.7 Å². The molecule has 2 aromatic rings. The van der Waals surface area contributed by atoms with Crippen molar-refractivity contribution in [1.82, 2.24) is 9.80 Å². The van der Waals surface area contributed by atoms with Crippen molar-refractivity contribution in [2.24, 2.45) is 0 Å². The van der Waals surface area contributed by atoms with Crippen molar-refractivity contribution in [1.29, 1.82) is 0 Å². The van der Waals surface area contributed by atoms with E-state index in [4.69, 9.17) is 9.15 Å². The van der Waals surface area contributed by atoms with Crippen LogP contribution in [-0.4, -0.2) is 48.2 Å². The Balaban J connectivity index is 1.46. The first-order valence-corrected chi connectivity index (χ1v) is 8.00. The fourth-order valence-electron chi connectivity index (χ4n) is 3.37. The van der Waals surface area contributed by atoms with Crippen LogP contribution in [0, 0.1) is 6.92 Å². The van der Waals surface area contributed by atoms with Gasteiger partial charge in [-0.15, -0.1) is 0 Å². The molecule has 23 heavy (non-hydrogen) atoms. The van der Waals surface area contributed by atoms with E-state index in [0.717, 1.165) is 43.3 Å². The van der Waals surface area contributed by atoms with Gasteiger partial charge in [0, 0.05) is 31.7 Å². The largest absolute Gasteiger partial charge is 0.461 e. The number of rotatable bonds is 3. The molecule has 2 aliphatic rings. The Kier molecular flexibility index (Phi) is 3.58. The lowest BCUT2D eigenvalue weighted by molar-refractivity contribution is 0.115. The summed E-state index contributed by atoms with van der Waals surface area (Å²) in [4.78, 5) is 15.8. The molecule has 0 radical (unpaired) electrons. The van der Waals surface area contributed by atoms with Gasteiger partial charge in [-0.3, -0.25) is 9.80 Å². The molecule has 0 saturated carbocycles. The van der Waals surface area contributed by atoms with Gasteiger partial charge in [0.1, 0.15) is 18.1 Å². The number of nitrogens with zero attached hydrogens (tertiary/aromatic N) is 2. The number of aryl methyl sites for hydroxylation is 1. The first kappa shape index (κ1) is 14.3. The summed E-state index contributed by atoms with van der Waals surface area (Å²) in [5.74, 6) is 1.83. The molecule has 1 aromatic carbocycles. The van der Waals surface area contributed by atoms with Crippen LogP contribution in [0.3, 0.4) is 0 Å². The number of benzene rings is 1. The van der Waals surface area contributed by atoms with E-state index in [1.54, 1.807) is 0 Å². The summed E-state index contributed by atoms with van der Waals surface area (Å²) in [6, 6.07) is 12.7. The van der Waals surface area contributed by atoms with E-state index in [2.05, 4.69) is 29.2 Å². The van der Waals surface area contributed by atoms with Gasteiger partial charge in [-0.25, -0.2) is 4.79 Å². The molecular formula is C18H20N2O3. The van der Waals surface area contributed by atoms with E-state index in [-0.39, 0.29) is 12.1 Å². The van der Waals surface area contributed by atoms with Crippen molar-refractivity contribution in [3.63, 3.8) is 0 Å². The quantitative estimate of drug-likeness (QED) is 0.874. The molecule has 2 aliphatic heterocycles. The van der Waals surface area contributed by atoms with Crippen LogP contribution in [0.5, 0.6) is 0 Å². The molecule has 0 spiro atoms. The van der Waals surface area contributed by atoms with E-state index in [1.807, 2.05) is 24.0 Å². The maximum absolute atomic E-state index is 11.6. The second kappa shape index (κ2) is 5.74. The highest BCUT2D eigenvalue weighted by atomic mass is 16.6. The number of carbonyl (C=O) groups excluding carboxylic acids is 1. The van der Waals surface area contributed by atoms with Crippen molar-refractivity contribution in [3.05, 3.63) is 47.7 Å². The number of furan rings is 1. The minimum absolute atomic E-state index is 0.162. The van der Waals surface area contributed by atoms with E-state index >= 15 is 0 Å². The van der Waals surface area contributed by atoms with Crippen molar-refractivity contribution in [3.8, 4) is 11.3 Å². The third kappa shape index (κ3) is 2.84. The number of cyclic esters (lactones) is 1. The molecule has 0 bridgehead atoms. The maximum atomic E-state index is 11.6. The molecule has 2 saturated heterocycles. The molecule has 5 nitrogen and oxygen atoms in total. The molecule has 3 heterocycles. The van der Waals surface area contributed by atoms with Crippen molar-refractivity contribution in [2.45, 2.75) is 19.5 Å². The second-order valence-electron chi connectivity index (χ2n) is 6.27. The molecule has 1 unspecified atom stereocenters. The fourth-order valence-corrected chi connectivity index (χ4v) is 3.37. The van der Waals surface area contributed by atoms with Crippen LogP contribution in [0.4, 0.5) is 4.79 Å². The molecule has 1 amide bonds. The van der Waals surface area contributed by atoms with Crippen molar-refractivity contribution >= 4 is 6.09 Å². The average Bonchev–Trinajstić information content (AvgIpc) is 3.14. The maximum Gasteiger partial charge on any atom is 0.410 e. The Morgan fingerprint density at radius 2 is 2.13 bits per heavy atom. The zero-order chi connectivity index (χ0) is 15.8. The van der Waals surface area contributed by atoms with E-state index < -0.39 is 0 Å². The zero-order valence-corrected chi connectivity index (χ0v) is 13.2. The van der Waals surface area contributed by atoms with Crippen LogP contribution >= 0.6 is 0 Å². The molecule has 5 heteroatoms. The van der Waals surface area contributed by atoms with Crippen LogP contribution in [0.15, 0.2) is 40.8 Å². The van der Waals surface area contributed by atoms with Crippen molar-refractivity contribution < 1.29 is 13.9 Å². The lowest BCUT2D eigenvalue weighted by atomic mass is 10.1. The molecule has 120 valence electrons. The monoisotopic (exact) mass is 312 g/mol.